The number of nitrogens with zero attached hydrogens (tertiary/aromatic N) is 1. The normalized spacial score (nSPS) is 20.2. The Labute approximate surface area is 120 Å². The molecule has 110 valence electrons. The third-order valence-corrected chi connectivity index (χ3v) is 4.05. The second-order valence-electron chi connectivity index (χ2n) is 5.97. The molecule has 0 spiro atoms. The van der Waals surface area contributed by atoms with Crippen molar-refractivity contribution >= 4 is 11.6 Å². The average Bonchev–Trinajstić information content (AvgIpc) is 2.41. The Morgan fingerprint density at radius 3 is 2.85 bits per heavy atom. The second kappa shape index (κ2) is 5.32. The summed E-state index contributed by atoms with van der Waals surface area (Å²) in [6.45, 7) is 6.72. The number of rotatable bonds is 3. The Morgan fingerprint density at radius 2 is 2.25 bits per heavy atom. The first-order valence-electron chi connectivity index (χ1n) is 6.84. The van der Waals surface area contributed by atoms with E-state index in [1.54, 1.807) is 7.11 Å². The van der Waals surface area contributed by atoms with Gasteiger partial charge in [0.25, 0.3) is 5.91 Å². The highest BCUT2D eigenvalue weighted by molar-refractivity contribution is 5.83. The summed E-state index contributed by atoms with van der Waals surface area (Å²) in [5, 5.41) is 0. The van der Waals surface area contributed by atoms with Crippen LogP contribution in [0.15, 0.2) is 18.2 Å². The van der Waals surface area contributed by atoms with Crippen molar-refractivity contribution in [3.05, 3.63) is 23.8 Å². The van der Waals surface area contributed by atoms with E-state index in [-0.39, 0.29) is 18.0 Å². The molecule has 1 heterocycles. The Balaban J connectivity index is 2.54. The van der Waals surface area contributed by atoms with Crippen LogP contribution in [-0.2, 0) is 4.79 Å². The van der Waals surface area contributed by atoms with Crippen molar-refractivity contribution in [2.45, 2.75) is 38.6 Å². The number of hydrogen-bond donors (Lipinski definition) is 2. The third kappa shape index (κ3) is 2.45. The maximum Gasteiger partial charge on any atom is 0.253 e. The molecule has 20 heavy (non-hydrogen) atoms. The van der Waals surface area contributed by atoms with Gasteiger partial charge in [0, 0.05) is 5.54 Å². The molecule has 1 aromatic rings. The summed E-state index contributed by atoms with van der Waals surface area (Å²) < 4.78 is 5.50. The highest BCUT2D eigenvalue weighted by Crippen LogP contribution is 2.47. The third-order valence-electron chi connectivity index (χ3n) is 4.05. The molecule has 0 bridgehead atoms. The number of benzene rings is 1. The number of fused-ring (bicyclic) bond motifs is 1. The van der Waals surface area contributed by atoms with Gasteiger partial charge in [-0.1, -0.05) is 19.1 Å². The zero-order valence-corrected chi connectivity index (χ0v) is 12.6. The van der Waals surface area contributed by atoms with E-state index in [1.807, 2.05) is 12.1 Å². The molecule has 1 atom stereocenters. The average molecular weight is 277 g/mol. The predicted octanol–water partition coefficient (Wildman–Crippen LogP) is 1.78. The van der Waals surface area contributed by atoms with Crippen molar-refractivity contribution < 1.29 is 9.53 Å². The predicted molar refractivity (Wildman–Crippen MR) is 79.8 cm³/mol. The summed E-state index contributed by atoms with van der Waals surface area (Å²) in [7, 11) is 1.66. The number of hydrogen-bond acceptors (Lipinski definition) is 4. The van der Waals surface area contributed by atoms with Gasteiger partial charge in [0.1, 0.15) is 5.75 Å². The van der Waals surface area contributed by atoms with Crippen molar-refractivity contribution in [3.8, 4) is 5.75 Å². The molecular formula is C15H23N3O2. The van der Waals surface area contributed by atoms with Gasteiger partial charge in [0.15, 0.2) is 0 Å². The van der Waals surface area contributed by atoms with Crippen molar-refractivity contribution in [3.63, 3.8) is 0 Å². The van der Waals surface area contributed by atoms with Crippen LogP contribution in [0.3, 0.4) is 0 Å². The van der Waals surface area contributed by atoms with Crippen molar-refractivity contribution in [2.75, 3.05) is 18.6 Å². The molecule has 0 radical (unpaired) electrons. The quantitative estimate of drug-likeness (QED) is 0.502. The molecule has 0 saturated heterocycles. The maximum atomic E-state index is 11.7. The molecule has 1 unspecified atom stereocenters. The molecular weight excluding hydrogens is 254 g/mol. The molecule has 0 fully saturated rings. The fourth-order valence-electron chi connectivity index (χ4n) is 3.14. The van der Waals surface area contributed by atoms with E-state index in [2.05, 4.69) is 37.2 Å². The standard InChI is InChI=1S/C15H23N3O2/c1-10-8-15(2,3)18(9-13(19)17-16)14-11(10)6-5-7-12(14)20-4/h5-7,10H,8-9,16H2,1-4H3,(H,17,19). The van der Waals surface area contributed by atoms with E-state index in [1.165, 1.54) is 5.56 Å². The van der Waals surface area contributed by atoms with Crippen LogP contribution in [0, 0.1) is 0 Å². The van der Waals surface area contributed by atoms with Crippen LogP contribution in [0.25, 0.3) is 0 Å². The number of carbonyl (C=O) groups is 1. The molecule has 1 aliphatic rings. The minimum absolute atomic E-state index is 0.131. The van der Waals surface area contributed by atoms with E-state index in [9.17, 15) is 4.79 Å². The fourth-order valence-corrected chi connectivity index (χ4v) is 3.14. The van der Waals surface area contributed by atoms with E-state index in [4.69, 9.17) is 10.6 Å². The minimum Gasteiger partial charge on any atom is -0.495 e. The zero-order valence-electron chi connectivity index (χ0n) is 12.6. The van der Waals surface area contributed by atoms with Crippen LogP contribution in [-0.4, -0.2) is 25.1 Å². The molecule has 1 aliphatic heterocycles. The highest BCUT2D eigenvalue weighted by atomic mass is 16.5. The topological polar surface area (TPSA) is 67.6 Å². The Bertz CT molecular complexity index is 514. The van der Waals surface area contributed by atoms with Gasteiger partial charge < -0.3 is 9.64 Å². The Morgan fingerprint density at radius 1 is 1.55 bits per heavy atom. The van der Waals surface area contributed by atoms with Crippen LogP contribution in [0.4, 0.5) is 5.69 Å². The van der Waals surface area contributed by atoms with Crippen molar-refractivity contribution in [1.82, 2.24) is 5.43 Å². The van der Waals surface area contributed by atoms with Gasteiger partial charge in [-0.05, 0) is 37.8 Å². The van der Waals surface area contributed by atoms with Crippen LogP contribution in [0.1, 0.15) is 38.7 Å². The smallest absolute Gasteiger partial charge is 0.253 e. The van der Waals surface area contributed by atoms with Crippen molar-refractivity contribution in [2.24, 2.45) is 5.84 Å². The number of para-hydroxylation sites is 1. The number of hydrazine groups is 1. The molecule has 5 nitrogen and oxygen atoms in total. The summed E-state index contributed by atoms with van der Waals surface area (Å²) in [5.74, 6) is 6.26. The van der Waals surface area contributed by atoms with E-state index < -0.39 is 0 Å². The summed E-state index contributed by atoms with van der Waals surface area (Å²) in [5.41, 5.74) is 4.30. The molecule has 0 aromatic heterocycles. The number of amides is 1. The number of nitrogens with one attached hydrogen (secondary N) is 1. The number of nitrogens with two attached hydrogens (primary N) is 1. The highest BCUT2D eigenvalue weighted by Gasteiger charge is 2.38. The van der Waals surface area contributed by atoms with Gasteiger partial charge in [0.05, 0.1) is 19.3 Å². The minimum atomic E-state index is -0.204. The maximum absolute atomic E-state index is 11.7. The van der Waals surface area contributed by atoms with Crippen LogP contribution in [0.2, 0.25) is 0 Å². The first-order chi connectivity index (χ1) is 9.40. The van der Waals surface area contributed by atoms with Crippen molar-refractivity contribution in [1.29, 1.82) is 0 Å². The molecule has 2 rings (SSSR count). The lowest BCUT2D eigenvalue weighted by molar-refractivity contribution is -0.120. The van der Waals surface area contributed by atoms with Gasteiger partial charge >= 0.3 is 0 Å². The van der Waals surface area contributed by atoms with Gasteiger partial charge in [-0.15, -0.1) is 0 Å². The molecule has 1 aromatic carbocycles. The van der Waals surface area contributed by atoms with Gasteiger partial charge in [-0.25, -0.2) is 5.84 Å². The molecule has 0 saturated carbocycles. The largest absolute Gasteiger partial charge is 0.495 e. The summed E-state index contributed by atoms with van der Waals surface area (Å²) in [4.78, 5) is 13.8. The van der Waals surface area contributed by atoms with Crippen LogP contribution >= 0.6 is 0 Å². The Kier molecular flexibility index (Phi) is 3.90. The van der Waals surface area contributed by atoms with E-state index in [0.717, 1.165) is 17.9 Å². The van der Waals surface area contributed by atoms with Gasteiger partial charge in [-0.2, -0.15) is 0 Å². The summed E-state index contributed by atoms with van der Waals surface area (Å²) in [6, 6.07) is 6.03. The lowest BCUT2D eigenvalue weighted by Gasteiger charge is -2.47. The first kappa shape index (κ1) is 14.7. The molecule has 1 amide bonds. The Hall–Kier alpha value is -1.75. The lowest BCUT2D eigenvalue weighted by Crippen LogP contribution is -2.53. The summed E-state index contributed by atoms with van der Waals surface area (Å²) >= 11 is 0. The number of anilines is 1. The molecule has 0 aliphatic carbocycles. The van der Waals surface area contributed by atoms with E-state index in [0.29, 0.717) is 5.92 Å². The number of methoxy groups -OCH3 is 1. The zero-order chi connectivity index (χ0) is 14.9. The molecule has 5 heteroatoms. The second-order valence-corrected chi connectivity index (χ2v) is 5.97. The van der Waals surface area contributed by atoms with E-state index >= 15 is 0 Å². The SMILES string of the molecule is COc1cccc2c1N(CC(=O)NN)C(C)(C)CC2C. The first-order valence-corrected chi connectivity index (χ1v) is 6.84. The van der Waals surface area contributed by atoms with Crippen LogP contribution in [0.5, 0.6) is 5.75 Å². The number of ether oxygens (including phenoxy) is 1. The lowest BCUT2D eigenvalue weighted by atomic mass is 9.80. The molecule has 3 N–H and O–H groups in total. The van der Waals surface area contributed by atoms with Gasteiger partial charge in [-0.3, -0.25) is 10.2 Å². The monoisotopic (exact) mass is 277 g/mol. The fraction of sp³-hybridized carbons (Fsp3) is 0.533. The summed E-state index contributed by atoms with van der Waals surface area (Å²) in [6.07, 6.45) is 0.977. The number of carbonyl (C=O) groups excluding carboxylic acids is 1. The van der Waals surface area contributed by atoms with Gasteiger partial charge in [0.2, 0.25) is 0 Å². The van der Waals surface area contributed by atoms with Crippen LogP contribution < -0.4 is 20.9 Å².